The average molecular weight is 253 g/mol. The molecule has 0 saturated heterocycles. The Kier molecular flexibility index (Phi) is 5.50. The molecule has 0 unspecified atom stereocenters. The Morgan fingerprint density at radius 1 is 1.22 bits per heavy atom. The molecule has 18 heavy (non-hydrogen) atoms. The summed E-state index contributed by atoms with van der Waals surface area (Å²) in [7, 11) is 1.56. The molecule has 0 radical (unpaired) electrons. The topological polar surface area (TPSA) is 84.9 Å². The van der Waals surface area contributed by atoms with Gasteiger partial charge >= 0.3 is 5.97 Å². The van der Waals surface area contributed by atoms with Crippen LogP contribution >= 0.6 is 0 Å². The maximum Gasteiger partial charge on any atom is 0.305 e. The van der Waals surface area contributed by atoms with Crippen molar-refractivity contribution in [1.82, 2.24) is 5.32 Å². The predicted octanol–water partition coefficient (Wildman–Crippen LogP) is 0.665. The van der Waals surface area contributed by atoms with E-state index in [1.807, 2.05) is 0 Å². The van der Waals surface area contributed by atoms with E-state index in [0.717, 1.165) is 0 Å². The molecule has 98 valence electrons. The molecule has 0 atom stereocenters. The van der Waals surface area contributed by atoms with E-state index >= 15 is 0 Å². The Balaban J connectivity index is 2.26. The molecule has 1 rings (SSSR count). The maximum atomic E-state index is 11.3. The second-order valence-corrected chi connectivity index (χ2v) is 3.46. The molecule has 0 fully saturated rings. The third-order valence-corrected chi connectivity index (χ3v) is 2.09. The standard InChI is InChI=1S/C12H15NO5/c1-17-9-2-4-10(5-3-9)18-8-11(14)13-7-6-12(15)16/h2-5H,6-8H2,1H3,(H,13,14)(H,15,16). The van der Waals surface area contributed by atoms with Gasteiger partial charge in [-0.1, -0.05) is 0 Å². The lowest BCUT2D eigenvalue weighted by Gasteiger charge is -2.07. The average Bonchev–Trinajstić information content (AvgIpc) is 2.36. The number of carbonyl (C=O) groups is 2. The van der Waals surface area contributed by atoms with Gasteiger partial charge in [0.2, 0.25) is 0 Å². The van der Waals surface area contributed by atoms with Crippen LogP contribution in [0.1, 0.15) is 6.42 Å². The molecule has 0 aliphatic heterocycles. The van der Waals surface area contributed by atoms with Gasteiger partial charge in [0.05, 0.1) is 13.5 Å². The summed E-state index contributed by atoms with van der Waals surface area (Å²) in [5.41, 5.74) is 0. The van der Waals surface area contributed by atoms with Gasteiger partial charge in [-0.05, 0) is 24.3 Å². The monoisotopic (exact) mass is 253 g/mol. The molecule has 6 nitrogen and oxygen atoms in total. The molecule has 0 bridgehead atoms. The third kappa shape index (κ3) is 5.20. The summed E-state index contributed by atoms with van der Waals surface area (Å²) in [6.07, 6.45) is -0.103. The molecule has 0 aliphatic carbocycles. The lowest BCUT2D eigenvalue weighted by atomic mass is 10.3. The first-order valence-electron chi connectivity index (χ1n) is 5.37. The number of nitrogens with one attached hydrogen (secondary N) is 1. The van der Waals surface area contributed by atoms with Crippen LogP contribution in [0.5, 0.6) is 11.5 Å². The van der Waals surface area contributed by atoms with Crippen molar-refractivity contribution in [2.24, 2.45) is 0 Å². The van der Waals surface area contributed by atoms with E-state index in [4.69, 9.17) is 14.6 Å². The summed E-state index contributed by atoms with van der Waals surface area (Å²) in [4.78, 5) is 21.5. The first-order chi connectivity index (χ1) is 8.61. The number of ether oxygens (including phenoxy) is 2. The van der Waals surface area contributed by atoms with Gasteiger partial charge in [-0.2, -0.15) is 0 Å². The zero-order chi connectivity index (χ0) is 13.4. The van der Waals surface area contributed by atoms with Crippen molar-refractivity contribution in [3.63, 3.8) is 0 Å². The minimum absolute atomic E-state index is 0.0974. The first kappa shape index (κ1) is 13.8. The van der Waals surface area contributed by atoms with Crippen LogP contribution in [0.2, 0.25) is 0 Å². The van der Waals surface area contributed by atoms with E-state index in [-0.39, 0.29) is 25.5 Å². The van der Waals surface area contributed by atoms with Gasteiger partial charge in [0.1, 0.15) is 11.5 Å². The number of rotatable bonds is 7. The molecule has 1 amide bonds. The zero-order valence-electron chi connectivity index (χ0n) is 10.0. The second kappa shape index (κ2) is 7.16. The molecular formula is C12H15NO5. The molecule has 0 aromatic heterocycles. The van der Waals surface area contributed by atoms with Gasteiger partial charge in [-0.15, -0.1) is 0 Å². The molecule has 6 heteroatoms. The zero-order valence-corrected chi connectivity index (χ0v) is 10.0. The largest absolute Gasteiger partial charge is 0.497 e. The van der Waals surface area contributed by atoms with E-state index in [1.165, 1.54) is 0 Å². The summed E-state index contributed by atoms with van der Waals surface area (Å²) in [5.74, 6) is -0.0594. The van der Waals surface area contributed by atoms with Crippen molar-refractivity contribution in [1.29, 1.82) is 0 Å². The molecular weight excluding hydrogens is 238 g/mol. The van der Waals surface area contributed by atoms with E-state index in [0.29, 0.717) is 11.5 Å². The van der Waals surface area contributed by atoms with Crippen LogP contribution in [0.3, 0.4) is 0 Å². The number of methoxy groups -OCH3 is 1. The Labute approximate surface area is 105 Å². The Morgan fingerprint density at radius 2 is 1.83 bits per heavy atom. The van der Waals surface area contributed by atoms with Gasteiger partial charge in [-0.3, -0.25) is 9.59 Å². The molecule has 0 spiro atoms. The number of carbonyl (C=O) groups excluding carboxylic acids is 1. The summed E-state index contributed by atoms with van der Waals surface area (Å²) in [6, 6.07) is 6.81. The fourth-order valence-electron chi connectivity index (χ4n) is 1.18. The number of amides is 1. The first-order valence-corrected chi connectivity index (χ1v) is 5.37. The van der Waals surface area contributed by atoms with Crippen LogP contribution in [0.25, 0.3) is 0 Å². The molecule has 0 aliphatic rings. The number of hydrogen-bond donors (Lipinski definition) is 2. The van der Waals surface area contributed by atoms with Crippen molar-refractivity contribution in [3.8, 4) is 11.5 Å². The predicted molar refractivity (Wildman–Crippen MR) is 63.8 cm³/mol. The van der Waals surface area contributed by atoms with Crippen LogP contribution in [0.15, 0.2) is 24.3 Å². The minimum atomic E-state index is -0.952. The summed E-state index contributed by atoms with van der Waals surface area (Å²) in [5, 5.41) is 10.8. The highest BCUT2D eigenvalue weighted by Crippen LogP contribution is 2.16. The van der Waals surface area contributed by atoms with Gasteiger partial charge in [-0.25, -0.2) is 0 Å². The van der Waals surface area contributed by atoms with Crippen molar-refractivity contribution >= 4 is 11.9 Å². The minimum Gasteiger partial charge on any atom is -0.497 e. The highest BCUT2D eigenvalue weighted by molar-refractivity contribution is 5.78. The highest BCUT2D eigenvalue weighted by Gasteiger charge is 2.03. The van der Waals surface area contributed by atoms with Crippen LogP contribution < -0.4 is 14.8 Å². The summed E-state index contributed by atoms with van der Waals surface area (Å²) < 4.78 is 10.2. The normalized spacial score (nSPS) is 9.61. The maximum absolute atomic E-state index is 11.3. The van der Waals surface area contributed by atoms with Gasteiger partial charge in [0, 0.05) is 6.54 Å². The third-order valence-electron chi connectivity index (χ3n) is 2.09. The Morgan fingerprint density at radius 3 is 2.39 bits per heavy atom. The van der Waals surface area contributed by atoms with Gasteiger partial charge in [0.25, 0.3) is 5.91 Å². The van der Waals surface area contributed by atoms with E-state index in [1.54, 1.807) is 31.4 Å². The smallest absolute Gasteiger partial charge is 0.305 e. The molecule has 0 heterocycles. The van der Waals surface area contributed by atoms with Crippen molar-refractivity contribution in [3.05, 3.63) is 24.3 Å². The molecule has 1 aromatic carbocycles. The van der Waals surface area contributed by atoms with Crippen molar-refractivity contribution in [2.45, 2.75) is 6.42 Å². The summed E-state index contributed by atoms with van der Waals surface area (Å²) in [6.45, 7) is -0.0495. The summed E-state index contributed by atoms with van der Waals surface area (Å²) >= 11 is 0. The number of benzene rings is 1. The van der Waals surface area contributed by atoms with Crippen molar-refractivity contribution in [2.75, 3.05) is 20.3 Å². The van der Waals surface area contributed by atoms with Crippen molar-refractivity contribution < 1.29 is 24.2 Å². The lowest BCUT2D eigenvalue weighted by molar-refractivity contribution is -0.137. The van der Waals surface area contributed by atoms with Crippen LogP contribution in [0.4, 0.5) is 0 Å². The molecule has 2 N–H and O–H groups in total. The number of hydrogen-bond acceptors (Lipinski definition) is 4. The van der Waals surface area contributed by atoms with Crippen LogP contribution in [-0.2, 0) is 9.59 Å². The van der Waals surface area contributed by atoms with Gasteiger partial charge < -0.3 is 19.9 Å². The SMILES string of the molecule is COc1ccc(OCC(=O)NCCC(=O)O)cc1. The number of carboxylic acid groups (broad SMARTS) is 1. The molecule has 0 saturated carbocycles. The fourth-order valence-corrected chi connectivity index (χ4v) is 1.18. The molecule has 1 aromatic rings. The Bertz CT molecular complexity index is 401. The number of carboxylic acids is 1. The number of aliphatic carboxylic acids is 1. The van der Waals surface area contributed by atoms with E-state index < -0.39 is 5.97 Å². The quantitative estimate of drug-likeness (QED) is 0.745. The van der Waals surface area contributed by atoms with E-state index in [9.17, 15) is 9.59 Å². The highest BCUT2D eigenvalue weighted by atomic mass is 16.5. The van der Waals surface area contributed by atoms with Gasteiger partial charge in [0.15, 0.2) is 6.61 Å². The lowest BCUT2D eigenvalue weighted by Crippen LogP contribution is -2.30. The second-order valence-electron chi connectivity index (χ2n) is 3.46. The van der Waals surface area contributed by atoms with Crippen LogP contribution in [-0.4, -0.2) is 37.2 Å². The Hall–Kier alpha value is -2.24. The van der Waals surface area contributed by atoms with E-state index in [2.05, 4.69) is 5.32 Å². The van der Waals surface area contributed by atoms with Crippen LogP contribution in [0, 0.1) is 0 Å². The fraction of sp³-hybridized carbons (Fsp3) is 0.333.